The van der Waals surface area contributed by atoms with Crippen LogP contribution >= 0.6 is 0 Å². The molecular formula is C19H26N4O6S. The van der Waals surface area contributed by atoms with Crippen LogP contribution in [-0.2, 0) is 14.8 Å². The van der Waals surface area contributed by atoms with Crippen molar-refractivity contribution in [3.8, 4) is 23.0 Å². The number of hydrogen-bond acceptors (Lipinski definition) is 8. The minimum atomic E-state index is -3.33. The number of carbonyl (C=O) groups is 1. The molecule has 1 atom stereocenters. The number of nitrogens with zero attached hydrogens (tertiary/aromatic N) is 3. The van der Waals surface area contributed by atoms with Gasteiger partial charge in [-0.25, -0.2) is 12.7 Å². The topological polar surface area (TPSA) is 124 Å². The fourth-order valence-electron chi connectivity index (χ4n) is 3.24. The maximum Gasteiger partial charge on any atom is 0.322 e. The van der Waals surface area contributed by atoms with Crippen molar-refractivity contribution >= 4 is 21.9 Å². The first-order valence-electron chi connectivity index (χ1n) is 9.81. The van der Waals surface area contributed by atoms with Crippen molar-refractivity contribution in [2.45, 2.75) is 26.7 Å². The number of nitrogens with one attached hydrogen (secondary N) is 1. The molecule has 0 aliphatic carbocycles. The number of ether oxygens (including phenoxy) is 2. The van der Waals surface area contributed by atoms with Crippen molar-refractivity contribution in [1.29, 1.82) is 0 Å². The zero-order chi connectivity index (χ0) is 21.7. The number of anilines is 1. The summed E-state index contributed by atoms with van der Waals surface area (Å²) in [5.74, 6) is 0.572. The summed E-state index contributed by atoms with van der Waals surface area (Å²) in [5.41, 5.74) is 0.621. The predicted octanol–water partition coefficient (Wildman–Crippen LogP) is 2.14. The van der Waals surface area contributed by atoms with Gasteiger partial charge in [-0.3, -0.25) is 10.1 Å². The van der Waals surface area contributed by atoms with Crippen LogP contribution in [-0.4, -0.2) is 61.4 Å². The minimum absolute atomic E-state index is 0.0432. The highest BCUT2D eigenvalue weighted by Crippen LogP contribution is 2.33. The zero-order valence-corrected chi connectivity index (χ0v) is 18.1. The molecule has 0 radical (unpaired) electrons. The molecule has 0 spiro atoms. The van der Waals surface area contributed by atoms with Gasteiger partial charge in [-0.1, -0.05) is 5.10 Å². The summed E-state index contributed by atoms with van der Waals surface area (Å²) in [4.78, 5) is 12.5. The third-order valence-corrected chi connectivity index (χ3v) is 5.94. The first kappa shape index (κ1) is 22.0. The lowest BCUT2D eigenvalue weighted by molar-refractivity contribution is -0.121. The normalized spacial score (nSPS) is 17.5. The third-order valence-electron chi connectivity index (χ3n) is 4.67. The smallest absolute Gasteiger partial charge is 0.322 e. The van der Waals surface area contributed by atoms with Gasteiger partial charge in [0, 0.05) is 18.7 Å². The highest BCUT2D eigenvalue weighted by atomic mass is 32.2. The SMILES string of the molecule is CCOc1ccc(-c2nnc(NC(=O)C3CCCN(S(C)(=O)=O)C3)o2)cc1OCC. The van der Waals surface area contributed by atoms with Crippen LogP contribution in [0.15, 0.2) is 22.6 Å². The molecule has 1 aromatic carbocycles. The number of aromatic nitrogens is 2. The van der Waals surface area contributed by atoms with Crippen molar-refractivity contribution in [3.05, 3.63) is 18.2 Å². The van der Waals surface area contributed by atoms with E-state index in [1.165, 1.54) is 4.31 Å². The predicted molar refractivity (Wildman–Crippen MR) is 110 cm³/mol. The molecule has 30 heavy (non-hydrogen) atoms. The maximum atomic E-state index is 12.5. The van der Waals surface area contributed by atoms with Crippen LogP contribution in [0.5, 0.6) is 11.5 Å². The van der Waals surface area contributed by atoms with E-state index in [2.05, 4.69) is 15.5 Å². The first-order valence-corrected chi connectivity index (χ1v) is 11.7. The Bertz CT molecular complexity index is 991. The lowest BCUT2D eigenvalue weighted by Gasteiger charge is -2.29. The van der Waals surface area contributed by atoms with Crippen LogP contribution in [0.1, 0.15) is 26.7 Å². The van der Waals surface area contributed by atoms with E-state index in [0.717, 1.165) is 6.26 Å². The Hall–Kier alpha value is -2.66. The number of amides is 1. The van der Waals surface area contributed by atoms with Crippen molar-refractivity contribution in [2.75, 3.05) is 37.9 Å². The molecule has 1 N–H and O–H groups in total. The van der Waals surface area contributed by atoms with Gasteiger partial charge in [0.25, 0.3) is 0 Å². The van der Waals surface area contributed by atoms with E-state index in [0.29, 0.717) is 49.7 Å². The van der Waals surface area contributed by atoms with Crippen molar-refractivity contribution in [1.82, 2.24) is 14.5 Å². The second-order valence-corrected chi connectivity index (χ2v) is 8.87. The van der Waals surface area contributed by atoms with E-state index >= 15 is 0 Å². The van der Waals surface area contributed by atoms with Crippen LogP contribution in [0.2, 0.25) is 0 Å². The van der Waals surface area contributed by atoms with Gasteiger partial charge in [0.15, 0.2) is 11.5 Å². The Morgan fingerprint density at radius 1 is 1.23 bits per heavy atom. The molecule has 10 nitrogen and oxygen atoms in total. The molecule has 11 heteroatoms. The van der Waals surface area contributed by atoms with Crippen LogP contribution in [0, 0.1) is 5.92 Å². The molecule has 164 valence electrons. The lowest BCUT2D eigenvalue weighted by Crippen LogP contribution is -2.43. The Kier molecular flexibility index (Phi) is 6.93. The molecule has 2 aromatic rings. The molecule has 2 heterocycles. The van der Waals surface area contributed by atoms with Crippen molar-refractivity contribution < 1.29 is 27.1 Å². The molecule has 3 rings (SSSR count). The van der Waals surface area contributed by atoms with Gasteiger partial charge < -0.3 is 13.9 Å². The van der Waals surface area contributed by atoms with E-state index in [1.54, 1.807) is 18.2 Å². The summed E-state index contributed by atoms with van der Waals surface area (Å²) in [6, 6.07) is 5.21. The average molecular weight is 439 g/mol. The van der Waals surface area contributed by atoms with Gasteiger partial charge in [-0.05, 0) is 44.9 Å². The average Bonchev–Trinajstić information content (AvgIpc) is 3.17. The number of hydrogen-bond donors (Lipinski definition) is 1. The molecule has 1 saturated heterocycles. The largest absolute Gasteiger partial charge is 0.490 e. The quantitative estimate of drug-likeness (QED) is 0.665. The highest BCUT2D eigenvalue weighted by Gasteiger charge is 2.31. The fraction of sp³-hybridized carbons (Fsp3) is 0.526. The third kappa shape index (κ3) is 5.28. The van der Waals surface area contributed by atoms with Gasteiger partial charge >= 0.3 is 6.01 Å². The van der Waals surface area contributed by atoms with Crippen LogP contribution in [0.25, 0.3) is 11.5 Å². The van der Waals surface area contributed by atoms with E-state index in [-0.39, 0.29) is 24.4 Å². The van der Waals surface area contributed by atoms with E-state index in [9.17, 15) is 13.2 Å². The summed E-state index contributed by atoms with van der Waals surface area (Å²) in [5, 5.41) is 10.4. The maximum absolute atomic E-state index is 12.5. The lowest BCUT2D eigenvalue weighted by atomic mass is 9.99. The standard InChI is InChI=1S/C19H26N4O6S/c1-4-27-15-9-8-13(11-16(15)28-5-2)18-21-22-19(29-18)20-17(24)14-7-6-10-23(12-14)30(3,25)26/h8-9,11,14H,4-7,10,12H2,1-3H3,(H,20,22,24). The molecule has 1 aliphatic rings. The summed E-state index contributed by atoms with van der Waals surface area (Å²) in [7, 11) is -3.33. The summed E-state index contributed by atoms with van der Waals surface area (Å²) in [6.07, 6.45) is 2.35. The van der Waals surface area contributed by atoms with Crippen molar-refractivity contribution in [2.24, 2.45) is 5.92 Å². The Morgan fingerprint density at radius 3 is 2.67 bits per heavy atom. The van der Waals surface area contributed by atoms with Gasteiger partial charge in [-0.15, -0.1) is 5.10 Å². The summed E-state index contributed by atoms with van der Waals surface area (Å²) >= 11 is 0. The monoisotopic (exact) mass is 438 g/mol. The minimum Gasteiger partial charge on any atom is -0.490 e. The number of carbonyl (C=O) groups excluding carboxylic acids is 1. The molecule has 1 unspecified atom stereocenters. The second-order valence-electron chi connectivity index (χ2n) is 6.89. The molecule has 0 saturated carbocycles. The molecule has 1 amide bonds. The van der Waals surface area contributed by atoms with E-state index in [4.69, 9.17) is 13.9 Å². The fourth-order valence-corrected chi connectivity index (χ4v) is 4.15. The van der Waals surface area contributed by atoms with Crippen molar-refractivity contribution in [3.63, 3.8) is 0 Å². The van der Waals surface area contributed by atoms with Crippen LogP contribution in [0.4, 0.5) is 6.01 Å². The number of sulfonamides is 1. The molecule has 1 fully saturated rings. The van der Waals surface area contributed by atoms with Gasteiger partial charge in [-0.2, -0.15) is 0 Å². The van der Waals surface area contributed by atoms with Gasteiger partial charge in [0.1, 0.15) is 0 Å². The van der Waals surface area contributed by atoms with Gasteiger partial charge in [0.05, 0.1) is 25.4 Å². The highest BCUT2D eigenvalue weighted by molar-refractivity contribution is 7.88. The number of rotatable bonds is 8. The second kappa shape index (κ2) is 9.43. The Labute approximate surface area is 175 Å². The summed E-state index contributed by atoms with van der Waals surface area (Å²) in [6.45, 7) is 5.31. The van der Waals surface area contributed by atoms with E-state index in [1.807, 2.05) is 13.8 Å². The number of piperidine rings is 1. The molecular weight excluding hydrogens is 412 g/mol. The zero-order valence-electron chi connectivity index (χ0n) is 17.3. The molecule has 1 aliphatic heterocycles. The van der Waals surface area contributed by atoms with Crippen LogP contribution < -0.4 is 14.8 Å². The molecule has 1 aromatic heterocycles. The van der Waals surface area contributed by atoms with Crippen LogP contribution in [0.3, 0.4) is 0 Å². The van der Waals surface area contributed by atoms with E-state index < -0.39 is 15.9 Å². The number of benzene rings is 1. The summed E-state index contributed by atoms with van der Waals surface area (Å²) < 4.78 is 41.5. The Balaban J connectivity index is 1.70. The first-order chi connectivity index (χ1) is 14.3. The molecule has 0 bridgehead atoms. The Morgan fingerprint density at radius 2 is 1.97 bits per heavy atom. The van der Waals surface area contributed by atoms with Gasteiger partial charge in [0.2, 0.25) is 21.8 Å².